The average molecular weight is 684 g/mol. The lowest BCUT2D eigenvalue weighted by atomic mass is 9.93. The van der Waals surface area contributed by atoms with Gasteiger partial charge in [0, 0.05) is 38.4 Å². The van der Waals surface area contributed by atoms with Gasteiger partial charge in [-0.25, -0.2) is 5.32 Å². The topological polar surface area (TPSA) is 59.6 Å². The third kappa shape index (κ3) is 5.35. The SMILES string of the molecule is NC(NC([NH2+]Cc1cccc(-n2c3ccccc3c3c4c5ccccc5ccc4c4ccccc4c32)c1)c1cccc2ccccc12)c1ccccc1. The minimum absolute atomic E-state index is 0.0724. The molecule has 254 valence electrons. The summed E-state index contributed by atoms with van der Waals surface area (Å²) in [6.07, 6.45) is -0.392. The van der Waals surface area contributed by atoms with E-state index in [0.717, 1.165) is 17.8 Å². The Morgan fingerprint density at radius 2 is 1.15 bits per heavy atom. The highest BCUT2D eigenvalue weighted by atomic mass is 15.2. The largest absolute Gasteiger partial charge is 0.324 e. The zero-order valence-corrected chi connectivity index (χ0v) is 29.3. The molecule has 0 aliphatic carbocycles. The van der Waals surface area contributed by atoms with Gasteiger partial charge in [-0.3, -0.25) is 0 Å². The second-order valence-electron chi connectivity index (χ2n) is 14.0. The number of rotatable bonds is 8. The fraction of sp³-hybridized carbons (Fsp3) is 0.0612. The van der Waals surface area contributed by atoms with Crippen molar-refractivity contribution >= 4 is 64.9 Å². The summed E-state index contributed by atoms with van der Waals surface area (Å²) >= 11 is 0. The normalized spacial score (nSPS) is 13.1. The van der Waals surface area contributed by atoms with E-state index in [9.17, 15) is 0 Å². The summed E-state index contributed by atoms with van der Waals surface area (Å²) in [5.41, 5.74) is 14.0. The van der Waals surface area contributed by atoms with Gasteiger partial charge >= 0.3 is 0 Å². The van der Waals surface area contributed by atoms with Gasteiger partial charge < -0.3 is 15.6 Å². The van der Waals surface area contributed by atoms with Crippen LogP contribution in [0.15, 0.2) is 182 Å². The number of hydrogen-bond donors (Lipinski definition) is 3. The predicted octanol–water partition coefficient (Wildman–Crippen LogP) is 10.4. The van der Waals surface area contributed by atoms with E-state index in [1.54, 1.807) is 0 Å². The third-order valence-corrected chi connectivity index (χ3v) is 11.0. The summed E-state index contributed by atoms with van der Waals surface area (Å²) in [5.74, 6) is 0. The minimum atomic E-state index is -0.320. The van der Waals surface area contributed by atoms with Crippen LogP contribution in [0.3, 0.4) is 0 Å². The van der Waals surface area contributed by atoms with Gasteiger partial charge in [-0.15, -0.1) is 0 Å². The maximum absolute atomic E-state index is 6.83. The number of aromatic nitrogens is 1. The second kappa shape index (κ2) is 13.0. The van der Waals surface area contributed by atoms with Crippen molar-refractivity contribution in [3.63, 3.8) is 0 Å². The lowest BCUT2D eigenvalue weighted by molar-refractivity contribution is -0.717. The molecule has 0 saturated carbocycles. The molecule has 0 bridgehead atoms. The van der Waals surface area contributed by atoms with E-state index >= 15 is 0 Å². The molecule has 10 rings (SSSR count). The van der Waals surface area contributed by atoms with Crippen molar-refractivity contribution in [2.24, 2.45) is 5.73 Å². The van der Waals surface area contributed by atoms with Crippen molar-refractivity contribution in [3.8, 4) is 5.69 Å². The number of nitrogens with one attached hydrogen (secondary N) is 1. The van der Waals surface area contributed by atoms with Crippen LogP contribution >= 0.6 is 0 Å². The molecule has 0 saturated heterocycles. The van der Waals surface area contributed by atoms with Crippen LogP contribution in [0.1, 0.15) is 29.0 Å². The standard InChI is InChI=1S/C49H38N4/c50-48(35-17-2-1-3-18-35)52-49(42-26-13-19-33-15-4-6-21-37(33)42)51-31-32-14-12-20-36(30-32)53-44-27-11-10-25-43(44)46-45-38-22-7-5-16-34(38)28-29-40(45)39-23-8-9-24-41(39)47(46)53/h1-30,48-49,51-52H,31,50H2/p+1. The number of nitrogens with zero attached hydrogens (tertiary/aromatic N) is 1. The van der Waals surface area contributed by atoms with E-state index < -0.39 is 0 Å². The number of fused-ring (bicyclic) bond motifs is 11. The maximum Gasteiger partial charge on any atom is 0.168 e. The van der Waals surface area contributed by atoms with Crippen LogP contribution in [-0.2, 0) is 6.54 Å². The van der Waals surface area contributed by atoms with E-state index in [1.807, 2.05) is 18.2 Å². The van der Waals surface area contributed by atoms with Crippen LogP contribution in [0.4, 0.5) is 0 Å². The van der Waals surface area contributed by atoms with Crippen LogP contribution in [0, 0.1) is 0 Å². The fourth-order valence-electron chi connectivity index (χ4n) is 8.54. The summed E-state index contributed by atoms with van der Waals surface area (Å²) in [6, 6.07) is 65.7. The molecule has 0 spiro atoms. The second-order valence-corrected chi connectivity index (χ2v) is 14.0. The Labute approximate surface area is 308 Å². The van der Waals surface area contributed by atoms with Crippen LogP contribution in [0.5, 0.6) is 0 Å². The van der Waals surface area contributed by atoms with Crippen LogP contribution in [-0.4, -0.2) is 4.57 Å². The van der Waals surface area contributed by atoms with Crippen LogP contribution in [0.2, 0.25) is 0 Å². The highest BCUT2D eigenvalue weighted by Crippen LogP contribution is 2.44. The summed E-state index contributed by atoms with van der Waals surface area (Å²) in [4.78, 5) is 0. The van der Waals surface area contributed by atoms with Gasteiger partial charge in [-0.2, -0.15) is 0 Å². The van der Waals surface area contributed by atoms with Gasteiger partial charge in [0.1, 0.15) is 6.54 Å². The highest BCUT2D eigenvalue weighted by Gasteiger charge is 2.23. The van der Waals surface area contributed by atoms with E-state index in [1.165, 1.54) is 76.0 Å². The first-order valence-electron chi connectivity index (χ1n) is 18.5. The molecule has 0 radical (unpaired) electrons. The number of nitrogens with two attached hydrogens (primary N) is 2. The maximum atomic E-state index is 6.83. The first-order valence-corrected chi connectivity index (χ1v) is 18.5. The molecule has 0 aliphatic rings. The molecule has 4 nitrogen and oxygen atoms in total. The molecule has 2 unspecified atom stereocenters. The summed E-state index contributed by atoms with van der Waals surface area (Å²) in [7, 11) is 0. The molecule has 2 atom stereocenters. The summed E-state index contributed by atoms with van der Waals surface area (Å²) in [6.45, 7) is 0.766. The first kappa shape index (κ1) is 31.4. The van der Waals surface area contributed by atoms with Crippen molar-refractivity contribution < 1.29 is 5.32 Å². The molecule has 1 heterocycles. The van der Waals surface area contributed by atoms with E-state index in [-0.39, 0.29) is 12.3 Å². The zero-order chi connectivity index (χ0) is 35.3. The first-order chi connectivity index (χ1) is 26.2. The smallest absolute Gasteiger partial charge is 0.168 e. The van der Waals surface area contributed by atoms with Gasteiger partial charge in [0.2, 0.25) is 0 Å². The van der Waals surface area contributed by atoms with Gasteiger partial charge in [-0.05, 0) is 56.1 Å². The Hall–Kier alpha value is -6.30. The minimum Gasteiger partial charge on any atom is -0.324 e. The van der Waals surface area contributed by atoms with Crippen LogP contribution in [0.25, 0.3) is 70.6 Å². The lowest BCUT2D eigenvalue weighted by Crippen LogP contribution is -2.87. The molecule has 53 heavy (non-hydrogen) atoms. The number of hydrogen-bond acceptors (Lipinski definition) is 2. The monoisotopic (exact) mass is 683 g/mol. The van der Waals surface area contributed by atoms with E-state index in [4.69, 9.17) is 5.73 Å². The number of quaternary nitrogens is 1. The summed E-state index contributed by atoms with van der Waals surface area (Å²) < 4.78 is 2.49. The molecular weight excluding hydrogens is 645 g/mol. The Bertz CT molecular complexity index is 2960. The Morgan fingerprint density at radius 3 is 1.98 bits per heavy atom. The van der Waals surface area contributed by atoms with Crippen molar-refractivity contribution in [3.05, 3.63) is 199 Å². The Kier molecular flexibility index (Phi) is 7.73. The van der Waals surface area contributed by atoms with Crippen molar-refractivity contribution in [2.75, 3.05) is 0 Å². The van der Waals surface area contributed by atoms with Gasteiger partial charge in [0.25, 0.3) is 0 Å². The highest BCUT2D eigenvalue weighted by molar-refractivity contribution is 6.36. The molecular formula is C49H39N4+. The van der Waals surface area contributed by atoms with Crippen molar-refractivity contribution in [1.82, 2.24) is 9.88 Å². The zero-order valence-electron chi connectivity index (χ0n) is 29.3. The quantitative estimate of drug-likeness (QED) is 0.110. The third-order valence-electron chi connectivity index (χ3n) is 11.0. The van der Waals surface area contributed by atoms with Crippen LogP contribution < -0.4 is 16.4 Å². The van der Waals surface area contributed by atoms with Gasteiger partial charge in [0.05, 0.1) is 17.2 Å². The molecule has 5 N–H and O–H groups in total. The van der Waals surface area contributed by atoms with E-state index in [0.29, 0.717) is 0 Å². The van der Waals surface area contributed by atoms with Crippen molar-refractivity contribution in [1.29, 1.82) is 0 Å². The molecule has 4 heteroatoms. The Morgan fingerprint density at radius 1 is 0.509 bits per heavy atom. The molecule has 10 aromatic rings. The number of benzene rings is 9. The van der Waals surface area contributed by atoms with Gasteiger partial charge in [-0.1, -0.05) is 164 Å². The summed E-state index contributed by atoms with van der Waals surface area (Å²) in [5, 5.41) is 18.8. The number of para-hydroxylation sites is 1. The molecule has 9 aromatic carbocycles. The predicted molar refractivity (Wildman–Crippen MR) is 222 cm³/mol. The van der Waals surface area contributed by atoms with Gasteiger partial charge in [0.15, 0.2) is 6.17 Å². The molecule has 0 aliphatic heterocycles. The average Bonchev–Trinajstić information content (AvgIpc) is 3.58. The molecule has 1 aromatic heterocycles. The Balaban J connectivity index is 1.12. The fourth-order valence-corrected chi connectivity index (χ4v) is 8.54. The molecule has 0 amide bonds. The molecule has 0 fully saturated rings. The van der Waals surface area contributed by atoms with E-state index in [2.05, 4.69) is 179 Å². The van der Waals surface area contributed by atoms with Crippen molar-refractivity contribution in [2.45, 2.75) is 18.9 Å². The lowest BCUT2D eigenvalue weighted by Gasteiger charge is -2.24.